The van der Waals surface area contributed by atoms with Gasteiger partial charge in [-0.1, -0.05) is 38.6 Å². The number of hydrogen-bond donors (Lipinski definition) is 1. The fourth-order valence-electron chi connectivity index (χ4n) is 4.07. The molecule has 9 heteroatoms. The van der Waals surface area contributed by atoms with Crippen LogP contribution in [-0.4, -0.2) is 64.3 Å². The van der Waals surface area contributed by atoms with Gasteiger partial charge >= 0.3 is 0 Å². The molecule has 1 fully saturated rings. The average Bonchev–Trinajstić information content (AvgIpc) is 3.13. The molecule has 1 atom stereocenters. The summed E-state index contributed by atoms with van der Waals surface area (Å²) >= 11 is 0. The van der Waals surface area contributed by atoms with Crippen molar-refractivity contribution in [1.82, 2.24) is 9.80 Å². The first kappa shape index (κ1) is 25.6. The van der Waals surface area contributed by atoms with Crippen molar-refractivity contribution in [3.8, 4) is 5.75 Å². The standard InChI is InChI=1S/C26H29N3O6/c1-4-16-35-21-12-10-18(11-13-21)24(30)22-23(19-8-7-9-20(17-19)29(33)34)28(26(32)25(22)31)15-14-27(5-2)6-3/h4,7-13,17,23,30H,1,5-6,14-16H2,2-3H3/t23-/m0/s1. The Morgan fingerprint density at radius 2 is 1.89 bits per heavy atom. The lowest BCUT2D eigenvalue weighted by molar-refractivity contribution is -0.384. The molecule has 0 saturated carbocycles. The molecule has 1 N–H and O–H groups in total. The number of aliphatic hydroxyl groups is 1. The summed E-state index contributed by atoms with van der Waals surface area (Å²) in [7, 11) is 0. The van der Waals surface area contributed by atoms with Gasteiger partial charge in [0, 0.05) is 30.8 Å². The highest BCUT2D eigenvalue weighted by molar-refractivity contribution is 6.46. The molecule has 0 unspecified atom stereocenters. The lowest BCUT2D eigenvalue weighted by Gasteiger charge is -2.28. The van der Waals surface area contributed by atoms with Gasteiger partial charge in [-0.05, 0) is 42.9 Å². The van der Waals surface area contributed by atoms with Crippen LogP contribution in [0, 0.1) is 10.1 Å². The maximum atomic E-state index is 13.1. The summed E-state index contributed by atoms with van der Waals surface area (Å²) in [6, 6.07) is 11.3. The van der Waals surface area contributed by atoms with Crippen LogP contribution in [0.5, 0.6) is 5.75 Å². The maximum Gasteiger partial charge on any atom is 0.295 e. The van der Waals surface area contributed by atoms with Gasteiger partial charge in [-0.2, -0.15) is 0 Å². The third kappa shape index (κ3) is 5.58. The van der Waals surface area contributed by atoms with E-state index in [1.807, 2.05) is 13.8 Å². The van der Waals surface area contributed by atoms with E-state index >= 15 is 0 Å². The molecular formula is C26H29N3O6. The number of ketones is 1. The zero-order valence-corrected chi connectivity index (χ0v) is 19.8. The topological polar surface area (TPSA) is 113 Å². The molecule has 35 heavy (non-hydrogen) atoms. The van der Waals surface area contributed by atoms with Gasteiger partial charge in [0.2, 0.25) is 0 Å². The second kappa shape index (κ2) is 11.4. The van der Waals surface area contributed by atoms with Crippen molar-refractivity contribution in [3.63, 3.8) is 0 Å². The Balaban J connectivity index is 2.09. The first-order valence-electron chi connectivity index (χ1n) is 11.4. The summed E-state index contributed by atoms with van der Waals surface area (Å²) in [6.45, 7) is 10.2. The second-order valence-corrected chi connectivity index (χ2v) is 8.00. The minimum atomic E-state index is -0.956. The number of likely N-dealkylation sites (tertiary alicyclic amines) is 1. The molecule has 2 aromatic rings. The average molecular weight is 480 g/mol. The van der Waals surface area contributed by atoms with E-state index in [9.17, 15) is 24.8 Å². The highest BCUT2D eigenvalue weighted by Crippen LogP contribution is 2.40. The van der Waals surface area contributed by atoms with E-state index in [2.05, 4.69) is 11.5 Å². The van der Waals surface area contributed by atoms with Gasteiger partial charge in [-0.25, -0.2) is 0 Å². The summed E-state index contributed by atoms with van der Waals surface area (Å²) in [5, 5.41) is 22.5. The van der Waals surface area contributed by atoms with Crippen LogP contribution >= 0.6 is 0 Å². The van der Waals surface area contributed by atoms with Gasteiger partial charge in [0.1, 0.15) is 18.1 Å². The predicted molar refractivity (Wildman–Crippen MR) is 132 cm³/mol. The molecule has 1 amide bonds. The minimum absolute atomic E-state index is 0.102. The Morgan fingerprint density at radius 3 is 2.49 bits per heavy atom. The van der Waals surface area contributed by atoms with E-state index in [1.165, 1.54) is 23.1 Å². The van der Waals surface area contributed by atoms with Gasteiger partial charge in [0.25, 0.3) is 17.4 Å². The number of likely N-dealkylation sites (N-methyl/N-ethyl adjacent to an activating group) is 1. The summed E-state index contributed by atoms with van der Waals surface area (Å²) < 4.78 is 5.46. The number of hydrogen-bond acceptors (Lipinski definition) is 7. The number of nitro benzene ring substituents is 1. The Bertz CT molecular complexity index is 1140. The SMILES string of the molecule is C=CCOc1ccc(C(O)=C2C(=O)C(=O)N(CCN(CC)CC)[C@H]2c2cccc([N+](=O)[O-])c2)cc1. The number of amides is 1. The lowest BCUT2D eigenvalue weighted by atomic mass is 9.95. The number of nitro groups is 1. The zero-order valence-electron chi connectivity index (χ0n) is 19.8. The van der Waals surface area contributed by atoms with Crippen molar-refractivity contribution in [2.75, 3.05) is 32.8 Å². The molecule has 1 aliphatic rings. The van der Waals surface area contributed by atoms with Crippen molar-refractivity contribution >= 4 is 23.1 Å². The highest BCUT2D eigenvalue weighted by Gasteiger charge is 2.46. The van der Waals surface area contributed by atoms with Crippen molar-refractivity contribution in [2.24, 2.45) is 0 Å². The normalized spacial score (nSPS) is 17.1. The second-order valence-electron chi connectivity index (χ2n) is 8.00. The number of aliphatic hydroxyl groups excluding tert-OH is 1. The van der Waals surface area contributed by atoms with Crippen LogP contribution in [0.25, 0.3) is 5.76 Å². The molecular weight excluding hydrogens is 450 g/mol. The Labute approximate surface area is 204 Å². The number of carbonyl (C=O) groups excluding carboxylic acids is 2. The molecule has 0 spiro atoms. The number of Topliss-reactive ketones (excluding diaryl/α,β-unsaturated/α-hetero) is 1. The van der Waals surface area contributed by atoms with E-state index in [0.717, 1.165) is 13.1 Å². The van der Waals surface area contributed by atoms with Crippen LogP contribution < -0.4 is 4.74 Å². The Kier molecular flexibility index (Phi) is 8.38. The number of benzene rings is 2. The van der Waals surface area contributed by atoms with Gasteiger partial charge in [0.05, 0.1) is 16.5 Å². The van der Waals surface area contributed by atoms with Crippen molar-refractivity contribution in [1.29, 1.82) is 0 Å². The molecule has 1 aliphatic heterocycles. The van der Waals surface area contributed by atoms with E-state index in [1.54, 1.807) is 36.4 Å². The molecule has 0 aromatic heterocycles. The van der Waals surface area contributed by atoms with Gasteiger partial charge in [0.15, 0.2) is 0 Å². The zero-order chi connectivity index (χ0) is 25.5. The maximum absolute atomic E-state index is 13.1. The molecule has 0 bridgehead atoms. The third-order valence-electron chi connectivity index (χ3n) is 5.98. The quantitative estimate of drug-likeness (QED) is 0.130. The van der Waals surface area contributed by atoms with E-state index in [-0.39, 0.29) is 23.6 Å². The molecule has 2 aromatic carbocycles. The summed E-state index contributed by atoms with van der Waals surface area (Å²) in [5.74, 6) is -1.37. The Morgan fingerprint density at radius 1 is 1.20 bits per heavy atom. The van der Waals surface area contributed by atoms with E-state index < -0.39 is 22.7 Å². The Hall–Kier alpha value is -3.98. The van der Waals surface area contributed by atoms with Crippen LogP contribution in [-0.2, 0) is 9.59 Å². The van der Waals surface area contributed by atoms with Gasteiger partial charge in [-0.15, -0.1) is 0 Å². The van der Waals surface area contributed by atoms with Crippen LogP contribution in [0.4, 0.5) is 5.69 Å². The third-order valence-corrected chi connectivity index (χ3v) is 5.98. The smallest absolute Gasteiger partial charge is 0.295 e. The number of non-ortho nitro benzene ring substituents is 1. The molecule has 184 valence electrons. The first-order valence-corrected chi connectivity index (χ1v) is 11.4. The fraction of sp³-hybridized carbons (Fsp3) is 0.308. The number of carbonyl (C=O) groups is 2. The largest absolute Gasteiger partial charge is 0.507 e. The van der Waals surface area contributed by atoms with Crippen LogP contribution in [0.1, 0.15) is 31.0 Å². The monoisotopic (exact) mass is 479 g/mol. The molecule has 1 saturated heterocycles. The van der Waals surface area contributed by atoms with Gasteiger partial charge < -0.3 is 19.6 Å². The number of ether oxygens (including phenoxy) is 1. The van der Waals surface area contributed by atoms with Crippen LogP contribution in [0.3, 0.4) is 0 Å². The van der Waals surface area contributed by atoms with E-state index in [0.29, 0.717) is 30.0 Å². The number of nitrogens with zero attached hydrogens (tertiary/aromatic N) is 3. The molecule has 0 radical (unpaired) electrons. The summed E-state index contributed by atoms with van der Waals surface area (Å²) in [4.78, 5) is 40.5. The predicted octanol–water partition coefficient (Wildman–Crippen LogP) is 3.92. The lowest BCUT2D eigenvalue weighted by Crippen LogP contribution is -2.38. The number of rotatable bonds is 11. The summed E-state index contributed by atoms with van der Waals surface area (Å²) in [5.41, 5.74) is 0.439. The first-order chi connectivity index (χ1) is 16.8. The summed E-state index contributed by atoms with van der Waals surface area (Å²) in [6.07, 6.45) is 1.60. The molecule has 0 aliphatic carbocycles. The fourth-order valence-corrected chi connectivity index (χ4v) is 4.07. The molecule has 9 nitrogen and oxygen atoms in total. The van der Waals surface area contributed by atoms with Crippen molar-refractivity contribution in [3.05, 3.63) is 88.0 Å². The van der Waals surface area contributed by atoms with Crippen LogP contribution in [0.15, 0.2) is 66.8 Å². The van der Waals surface area contributed by atoms with E-state index in [4.69, 9.17) is 4.74 Å². The van der Waals surface area contributed by atoms with Crippen molar-refractivity contribution in [2.45, 2.75) is 19.9 Å². The van der Waals surface area contributed by atoms with Crippen molar-refractivity contribution < 1.29 is 24.4 Å². The molecule has 1 heterocycles. The molecule has 3 rings (SSSR count). The minimum Gasteiger partial charge on any atom is -0.507 e. The van der Waals surface area contributed by atoms with Crippen LogP contribution in [0.2, 0.25) is 0 Å². The van der Waals surface area contributed by atoms with Gasteiger partial charge in [-0.3, -0.25) is 19.7 Å². The highest BCUT2D eigenvalue weighted by atomic mass is 16.6.